The summed E-state index contributed by atoms with van der Waals surface area (Å²) in [5.41, 5.74) is -1.23. The lowest BCUT2D eigenvalue weighted by Gasteiger charge is -2.22. The SMILES string of the molecule is CO[C@@H]1CN(c2ncc(S(=O)(=O)NCCO)cc2C(F)(F)F)C[C@H]1O. The molecule has 0 unspecified atom stereocenters. The lowest BCUT2D eigenvalue weighted by atomic mass is 10.2. The van der Waals surface area contributed by atoms with E-state index in [1.165, 1.54) is 12.0 Å². The van der Waals surface area contributed by atoms with E-state index in [1.807, 2.05) is 4.72 Å². The van der Waals surface area contributed by atoms with Crippen LogP contribution in [0.1, 0.15) is 5.56 Å². The van der Waals surface area contributed by atoms with Crippen molar-refractivity contribution in [1.82, 2.24) is 9.71 Å². The molecule has 0 amide bonds. The molecule has 1 aliphatic heterocycles. The Balaban J connectivity index is 2.43. The summed E-state index contributed by atoms with van der Waals surface area (Å²) in [4.78, 5) is 4.19. The number of aliphatic hydroxyl groups excluding tert-OH is 2. The molecule has 142 valence electrons. The van der Waals surface area contributed by atoms with Gasteiger partial charge < -0.3 is 19.8 Å². The smallest absolute Gasteiger partial charge is 0.395 e. The molecule has 0 spiro atoms. The fraction of sp³-hybridized carbons (Fsp3) is 0.615. The van der Waals surface area contributed by atoms with Gasteiger partial charge in [-0.3, -0.25) is 0 Å². The van der Waals surface area contributed by atoms with Crippen molar-refractivity contribution in [3.8, 4) is 0 Å². The Bertz CT molecular complexity index is 713. The Morgan fingerprint density at radius 1 is 1.44 bits per heavy atom. The highest BCUT2D eigenvalue weighted by Crippen LogP contribution is 2.37. The van der Waals surface area contributed by atoms with Gasteiger partial charge in [0.15, 0.2) is 0 Å². The van der Waals surface area contributed by atoms with Gasteiger partial charge in [0, 0.05) is 32.9 Å². The lowest BCUT2D eigenvalue weighted by Crippen LogP contribution is -2.29. The van der Waals surface area contributed by atoms with Gasteiger partial charge in [-0.1, -0.05) is 0 Å². The van der Waals surface area contributed by atoms with E-state index >= 15 is 0 Å². The number of methoxy groups -OCH3 is 1. The minimum Gasteiger partial charge on any atom is -0.395 e. The Morgan fingerprint density at radius 2 is 2.12 bits per heavy atom. The predicted octanol–water partition coefficient (Wildman–Crippen LogP) is -0.433. The summed E-state index contributed by atoms with van der Waals surface area (Å²) >= 11 is 0. The molecule has 2 rings (SSSR count). The third kappa shape index (κ3) is 4.39. The number of hydrogen-bond donors (Lipinski definition) is 3. The number of β-amino-alcohol motifs (C(OH)–C–C–N with tert-alkyl or cyclic N) is 1. The molecule has 1 aromatic rings. The fourth-order valence-corrected chi connectivity index (χ4v) is 3.46. The maximum Gasteiger partial charge on any atom is 0.420 e. The first-order valence-corrected chi connectivity index (χ1v) is 8.72. The number of sulfonamides is 1. The third-order valence-electron chi connectivity index (χ3n) is 3.70. The minimum absolute atomic E-state index is 0.0113. The first-order valence-electron chi connectivity index (χ1n) is 7.23. The largest absolute Gasteiger partial charge is 0.420 e. The standard InChI is InChI=1S/C13H18F3N3O5S/c1-24-11-7-19(6-10(11)21)12-9(13(14,15)16)4-8(5-17-12)25(22,23)18-2-3-20/h4-5,10-11,18,20-21H,2-3,6-7H2,1H3/t10-,11-/m1/s1. The molecule has 25 heavy (non-hydrogen) atoms. The van der Waals surface area contributed by atoms with Crippen molar-refractivity contribution >= 4 is 15.8 Å². The second kappa shape index (κ2) is 7.41. The molecule has 1 saturated heterocycles. The van der Waals surface area contributed by atoms with Gasteiger partial charge in [0.25, 0.3) is 0 Å². The van der Waals surface area contributed by atoms with Crippen molar-refractivity contribution in [1.29, 1.82) is 0 Å². The van der Waals surface area contributed by atoms with Crippen LogP contribution in [0.4, 0.5) is 19.0 Å². The molecule has 12 heteroatoms. The summed E-state index contributed by atoms with van der Waals surface area (Å²) in [5.74, 6) is -0.479. The maximum absolute atomic E-state index is 13.4. The molecule has 0 saturated carbocycles. The number of alkyl halides is 3. The van der Waals surface area contributed by atoms with Crippen LogP contribution in [0.2, 0.25) is 0 Å². The molecule has 2 atom stereocenters. The Morgan fingerprint density at radius 3 is 2.64 bits per heavy atom. The van der Waals surface area contributed by atoms with E-state index in [9.17, 15) is 26.7 Å². The number of pyridine rings is 1. The van der Waals surface area contributed by atoms with Crippen LogP contribution in [-0.4, -0.2) is 69.2 Å². The second-order valence-corrected chi connectivity index (χ2v) is 7.17. The van der Waals surface area contributed by atoms with E-state index in [0.717, 1.165) is 6.20 Å². The molecule has 0 aromatic carbocycles. The fourth-order valence-electron chi connectivity index (χ4n) is 2.47. The highest BCUT2D eigenvalue weighted by molar-refractivity contribution is 7.89. The van der Waals surface area contributed by atoms with E-state index in [2.05, 4.69) is 4.98 Å². The van der Waals surface area contributed by atoms with Crippen LogP contribution < -0.4 is 9.62 Å². The number of aliphatic hydroxyl groups is 2. The number of anilines is 1. The summed E-state index contributed by atoms with van der Waals surface area (Å²) < 4.78 is 71.0. The summed E-state index contributed by atoms with van der Waals surface area (Å²) in [7, 11) is -2.91. The molecule has 0 aliphatic carbocycles. The quantitative estimate of drug-likeness (QED) is 0.609. The Kier molecular flexibility index (Phi) is 5.89. The van der Waals surface area contributed by atoms with E-state index in [-0.39, 0.29) is 19.6 Å². The summed E-state index contributed by atoms with van der Waals surface area (Å²) in [6.45, 7) is -0.966. The molecule has 1 aliphatic rings. The average Bonchev–Trinajstić information content (AvgIpc) is 2.92. The van der Waals surface area contributed by atoms with E-state index in [4.69, 9.17) is 9.84 Å². The van der Waals surface area contributed by atoms with Gasteiger partial charge in [0.2, 0.25) is 10.0 Å². The number of aromatic nitrogens is 1. The average molecular weight is 385 g/mol. The van der Waals surface area contributed by atoms with Gasteiger partial charge in [-0.05, 0) is 6.07 Å². The van der Waals surface area contributed by atoms with Crippen molar-refractivity contribution in [3.63, 3.8) is 0 Å². The normalized spacial score (nSPS) is 21.8. The number of ether oxygens (including phenoxy) is 1. The van der Waals surface area contributed by atoms with Crippen LogP contribution in [-0.2, 0) is 20.9 Å². The predicted molar refractivity (Wildman–Crippen MR) is 80.5 cm³/mol. The van der Waals surface area contributed by atoms with Crippen LogP contribution in [0.25, 0.3) is 0 Å². The van der Waals surface area contributed by atoms with Crippen molar-refractivity contribution in [2.75, 3.05) is 38.3 Å². The zero-order valence-electron chi connectivity index (χ0n) is 13.2. The molecule has 8 nitrogen and oxygen atoms in total. The van der Waals surface area contributed by atoms with Gasteiger partial charge in [-0.15, -0.1) is 0 Å². The van der Waals surface area contributed by atoms with Gasteiger partial charge >= 0.3 is 6.18 Å². The molecule has 1 aromatic heterocycles. The van der Waals surface area contributed by atoms with E-state index in [1.54, 1.807) is 0 Å². The van der Waals surface area contributed by atoms with Gasteiger partial charge in [-0.25, -0.2) is 18.1 Å². The Hall–Kier alpha value is -1.47. The van der Waals surface area contributed by atoms with Crippen LogP contribution >= 0.6 is 0 Å². The van der Waals surface area contributed by atoms with Crippen LogP contribution in [0.15, 0.2) is 17.2 Å². The summed E-state index contributed by atoms with van der Waals surface area (Å²) in [6, 6.07) is 0.481. The molecule has 2 heterocycles. The zero-order chi connectivity index (χ0) is 18.8. The van der Waals surface area contributed by atoms with Crippen molar-refractivity contribution in [2.24, 2.45) is 0 Å². The zero-order valence-corrected chi connectivity index (χ0v) is 14.0. The van der Waals surface area contributed by atoms with Crippen LogP contribution in [0, 0.1) is 0 Å². The van der Waals surface area contributed by atoms with Crippen LogP contribution in [0.5, 0.6) is 0 Å². The van der Waals surface area contributed by atoms with Gasteiger partial charge in [0.1, 0.15) is 16.8 Å². The second-order valence-electron chi connectivity index (χ2n) is 5.41. The van der Waals surface area contributed by atoms with E-state index < -0.39 is 51.3 Å². The number of nitrogens with one attached hydrogen (secondary N) is 1. The van der Waals surface area contributed by atoms with Crippen LogP contribution in [0.3, 0.4) is 0 Å². The molecular weight excluding hydrogens is 367 g/mol. The molecule has 1 fully saturated rings. The maximum atomic E-state index is 13.4. The van der Waals surface area contributed by atoms with Crippen molar-refractivity contribution in [3.05, 3.63) is 17.8 Å². The molecular formula is C13H18F3N3O5S. The van der Waals surface area contributed by atoms with E-state index in [0.29, 0.717) is 6.07 Å². The highest BCUT2D eigenvalue weighted by atomic mass is 32.2. The van der Waals surface area contributed by atoms with Crippen molar-refractivity contribution in [2.45, 2.75) is 23.3 Å². The molecule has 0 radical (unpaired) electrons. The van der Waals surface area contributed by atoms with Gasteiger partial charge in [-0.2, -0.15) is 13.2 Å². The molecule has 0 bridgehead atoms. The molecule has 3 N–H and O–H groups in total. The Labute approximate surface area is 142 Å². The summed E-state index contributed by atoms with van der Waals surface area (Å²) in [5, 5.41) is 18.4. The first-order chi connectivity index (χ1) is 11.6. The topological polar surface area (TPSA) is 112 Å². The monoisotopic (exact) mass is 385 g/mol. The van der Waals surface area contributed by atoms with Crippen molar-refractivity contribution < 1.29 is 36.5 Å². The first kappa shape index (κ1) is 19.8. The number of hydrogen-bond acceptors (Lipinski definition) is 7. The minimum atomic E-state index is -4.85. The third-order valence-corrected chi connectivity index (χ3v) is 5.13. The number of rotatable bonds is 6. The lowest BCUT2D eigenvalue weighted by molar-refractivity contribution is -0.137. The summed E-state index contributed by atoms with van der Waals surface area (Å²) in [6.07, 6.45) is -5.70. The highest BCUT2D eigenvalue weighted by Gasteiger charge is 2.40. The van der Waals surface area contributed by atoms with Gasteiger partial charge in [0.05, 0.1) is 18.3 Å². The number of halogens is 3. The number of nitrogens with zero attached hydrogens (tertiary/aromatic N) is 2.